The first-order valence-electron chi connectivity index (χ1n) is 6.60. The summed E-state index contributed by atoms with van der Waals surface area (Å²) in [6.45, 7) is 4.08. The number of methoxy groups -OCH3 is 2. The van der Waals surface area contributed by atoms with Gasteiger partial charge in [0, 0.05) is 5.56 Å². The molecule has 5 heteroatoms. The fraction of sp³-hybridized carbons (Fsp3) is 0.312. The molecule has 0 amide bonds. The number of nitrogens with zero attached hydrogens (tertiary/aromatic N) is 3. The van der Waals surface area contributed by atoms with Crippen molar-refractivity contribution in [3.8, 4) is 28.8 Å². The molecule has 0 unspecified atom stereocenters. The van der Waals surface area contributed by atoms with E-state index >= 15 is 0 Å². The van der Waals surface area contributed by atoms with Gasteiger partial charge >= 0.3 is 0 Å². The Labute approximate surface area is 124 Å². The van der Waals surface area contributed by atoms with Crippen LogP contribution in [0.4, 0.5) is 0 Å². The van der Waals surface area contributed by atoms with Crippen molar-refractivity contribution < 1.29 is 9.47 Å². The smallest absolute Gasteiger partial charge is 0.161 e. The van der Waals surface area contributed by atoms with Crippen molar-refractivity contribution in [2.45, 2.75) is 19.8 Å². The SMILES string of the molecule is COc1ccc(-c2nc(C#N)cnc2C(C)C)cc1OC. The molecule has 0 aliphatic carbocycles. The zero-order valence-corrected chi connectivity index (χ0v) is 12.5. The molecule has 1 heterocycles. The van der Waals surface area contributed by atoms with Crippen LogP contribution in [-0.2, 0) is 0 Å². The summed E-state index contributed by atoms with van der Waals surface area (Å²) in [6, 6.07) is 7.57. The minimum Gasteiger partial charge on any atom is -0.493 e. The average molecular weight is 283 g/mol. The monoisotopic (exact) mass is 283 g/mol. The van der Waals surface area contributed by atoms with Crippen LogP contribution in [0.15, 0.2) is 24.4 Å². The highest BCUT2D eigenvalue weighted by Gasteiger charge is 2.15. The third-order valence-corrected chi connectivity index (χ3v) is 3.12. The standard InChI is InChI=1S/C16H17N3O2/c1-10(2)15-16(19-12(8-17)9-18-15)11-5-6-13(20-3)14(7-11)21-4/h5-7,9-10H,1-4H3. The lowest BCUT2D eigenvalue weighted by atomic mass is 10.0. The van der Waals surface area contributed by atoms with E-state index in [0.29, 0.717) is 22.9 Å². The minimum absolute atomic E-state index is 0.202. The maximum absolute atomic E-state index is 9.02. The van der Waals surface area contributed by atoms with Crippen molar-refractivity contribution in [3.05, 3.63) is 35.8 Å². The van der Waals surface area contributed by atoms with Crippen molar-refractivity contribution in [1.82, 2.24) is 9.97 Å². The predicted molar refractivity (Wildman–Crippen MR) is 79.4 cm³/mol. The molecule has 2 rings (SSSR count). The molecule has 108 valence electrons. The molecule has 0 aliphatic rings. The number of aromatic nitrogens is 2. The van der Waals surface area contributed by atoms with Crippen LogP contribution < -0.4 is 9.47 Å². The van der Waals surface area contributed by atoms with Gasteiger partial charge in [0.15, 0.2) is 17.2 Å². The lowest BCUT2D eigenvalue weighted by Gasteiger charge is -2.13. The molecule has 21 heavy (non-hydrogen) atoms. The quantitative estimate of drug-likeness (QED) is 0.862. The highest BCUT2D eigenvalue weighted by atomic mass is 16.5. The molecule has 0 saturated heterocycles. The van der Waals surface area contributed by atoms with Gasteiger partial charge in [-0.05, 0) is 24.1 Å². The van der Waals surface area contributed by atoms with Crippen LogP contribution in [-0.4, -0.2) is 24.2 Å². The Kier molecular flexibility index (Phi) is 4.39. The van der Waals surface area contributed by atoms with E-state index in [9.17, 15) is 0 Å². The lowest BCUT2D eigenvalue weighted by molar-refractivity contribution is 0.355. The van der Waals surface area contributed by atoms with Gasteiger partial charge in [0.25, 0.3) is 0 Å². The van der Waals surface area contributed by atoms with Crippen LogP contribution in [0, 0.1) is 11.3 Å². The summed E-state index contributed by atoms with van der Waals surface area (Å²) in [6.07, 6.45) is 1.50. The van der Waals surface area contributed by atoms with Crippen molar-refractivity contribution in [1.29, 1.82) is 5.26 Å². The number of hydrogen-bond acceptors (Lipinski definition) is 5. The zero-order chi connectivity index (χ0) is 15.4. The molecule has 0 bridgehead atoms. The van der Waals surface area contributed by atoms with Crippen molar-refractivity contribution in [2.24, 2.45) is 0 Å². The second kappa shape index (κ2) is 6.23. The van der Waals surface area contributed by atoms with Gasteiger partial charge in [-0.15, -0.1) is 0 Å². The number of rotatable bonds is 4. The van der Waals surface area contributed by atoms with Crippen molar-refractivity contribution in [3.63, 3.8) is 0 Å². The average Bonchev–Trinajstić information content (AvgIpc) is 2.53. The molecule has 5 nitrogen and oxygen atoms in total. The maximum Gasteiger partial charge on any atom is 0.161 e. The van der Waals surface area contributed by atoms with Gasteiger partial charge in [-0.2, -0.15) is 5.26 Å². The van der Waals surface area contributed by atoms with E-state index in [1.54, 1.807) is 14.2 Å². The molecule has 0 spiro atoms. The highest BCUT2D eigenvalue weighted by Crippen LogP contribution is 2.34. The molecule has 1 aromatic heterocycles. The molecular formula is C16H17N3O2. The zero-order valence-electron chi connectivity index (χ0n) is 12.5. The predicted octanol–water partition coefficient (Wildman–Crippen LogP) is 3.16. The van der Waals surface area contributed by atoms with Gasteiger partial charge in [0.05, 0.1) is 31.8 Å². The van der Waals surface area contributed by atoms with E-state index in [2.05, 4.69) is 9.97 Å². The Bertz CT molecular complexity index is 690. The van der Waals surface area contributed by atoms with Gasteiger partial charge in [-0.3, -0.25) is 4.98 Å². The molecular weight excluding hydrogens is 266 g/mol. The third-order valence-electron chi connectivity index (χ3n) is 3.12. The van der Waals surface area contributed by atoms with Crippen LogP contribution in [0.1, 0.15) is 31.2 Å². The van der Waals surface area contributed by atoms with E-state index in [4.69, 9.17) is 14.7 Å². The first kappa shape index (κ1) is 14.8. The van der Waals surface area contributed by atoms with Gasteiger partial charge in [0.2, 0.25) is 0 Å². The Hall–Kier alpha value is -2.61. The minimum atomic E-state index is 0.202. The van der Waals surface area contributed by atoms with E-state index in [1.807, 2.05) is 38.1 Å². The maximum atomic E-state index is 9.02. The number of ether oxygens (including phenoxy) is 2. The second-order valence-corrected chi connectivity index (χ2v) is 4.83. The van der Waals surface area contributed by atoms with Crippen molar-refractivity contribution in [2.75, 3.05) is 14.2 Å². The van der Waals surface area contributed by atoms with Gasteiger partial charge in [-0.1, -0.05) is 13.8 Å². The van der Waals surface area contributed by atoms with Crippen LogP contribution in [0.25, 0.3) is 11.3 Å². The van der Waals surface area contributed by atoms with Gasteiger partial charge < -0.3 is 9.47 Å². The molecule has 1 aromatic carbocycles. The summed E-state index contributed by atoms with van der Waals surface area (Å²) in [5, 5.41) is 9.02. The summed E-state index contributed by atoms with van der Waals surface area (Å²) >= 11 is 0. The molecule has 0 N–H and O–H groups in total. The summed E-state index contributed by atoms with van der Waals surface area (Å²) in [5.41, 5.74) is 2.69. The topological polar surface area (TPSA) is 68.0 Å². The van der Waals surface area contributed by atoms with Gasteiger partial charge in [-0.25, -0.2) is 4.98 Å². The Morgan fingerprint density at radius 3 is 2.43 bits per heavy atom. The number of hydrogen-bond donors (Lipinski definition) is 0. The molecule has 0 radical (unpaired) electrons. The third kappa shape index (κ3) is 2.95. The van der Waals surface area contributed by atoms with E-state index in [1.165, 1.54) is 6.20 Å². The Morgan fingerprint density at radius 2 is 1.86 bits per heavy atom. The highest BCUT2D eigenvalue weighted by molar-refractivity contribution is 5.66. The van der Waals surface area contributed by atoms with E-state index in [-0.39, 0.29) is 5.92 Å². The Morgan fingerprint density at radius 1 is 1.14 bits per heavy atom. The normalized spacial score (nSPS) is 10.3. The lowest BCUT2D eigenvalue weighted by Crippen LogP contribution is -2.02. The fourth-order valence-electron chi connectivity index (χ4n) is 2.07. The summed E-state index contributed by atoms with van der Waals surface area (Å²) in [7, 11) is 3.18. The molecule has 0 aliphatic heterocycles. The van der Waals surface area contributed by atoms with Crippen LogP contribution in [0.2, 0.25) is 0 Å². The molecule has 2 aromatic rings. The number of benzene rings is 1. The molecule has 0 saturated carbocycles. The van der Waals surface area contributed by atoms with Crippen molar-refractivity contribution >= 4 is 0 Å². The fourth-order valence-corrected chi connectivity index (χ4v) is 2.07. The van der Waals surface area contributed by atoms with Crippen LogP contribution in [0.3, 0.4) is 0 Å². The van der Waals surface area contributed by atoms with Crippen LogP contribution in [0.5, 0.6) is 11.5 Å². The summed E-state index contributed by atoms with van der Waals surface area (Å²) in [4.78, 5) is 8.76. The summed E-state index contributed by atoms with van der Waals surface area (Å²) in [5.74, 6) is 1.47. The summed E-state index contributed by atoms with van der Waals surface area (Å²) < 4.78 is 10.6. The molecule has 0 atom stereocenters. The Balaban J connectivity index is 2.62. The number of nitriles is 1. The van der Waals surface area contributed by atoms with Gasteiger partial charge in [0.1, 0.15) is 6.07 Å². The largest absolute Gasteiger partial charge is 0.493 e. The van der Waals surface area contributed by atoms with E-state index in [0.717, 1.165) is 11.3 Å². The molecule has 0 fully saturated rings. The second-order valence-electron chi connectivity index (χ2n) is 4.83. The first-order valence-corrected chi connectivity index (χ1v) is 6.60. The van der Waals surface area contributed by atoms with Crippen LogP contribution >= 0.6 is 0 Å². The van der Waals surface area contributed by atoms with E-state index < -0.39 is 0 Å². The first-order chi connectivity index (χ1) is 10.1.